The van der Waals surface area contributed by atoms with Gasteiger partial charge in [0.05, 0.1) is 12.6 Å². The van der Waals surface area contributed by atoms with Gasteiger partial charge in [-0.05, 0) is 0 Å². The molecule has 0 aromatic rings. The molecule has 0 aromatic carbocycles. The maximum atomic E-state index is 9.20. The van der Waals surface area contributed by atoms with E-state index in [0.29, 0.717) is 0 Å². The summed E-state index contributed by atoms with van der Waals surface area (Å²) in [7, 11) is 0. The number of rotatable bonds is 1. The zero-order chi connectivity index (χ0) is 9.30. The smallest absolute Gasteiger partial charge is 0.173 e. The van der Waals surface area contributed by atoms with Crippen molar-refractivity contribution in [1.29, 1.82) is 0 Å². The molecule has 1 heterocycles. The van der Waals surface area contributed by atoms with Gasteiger partial charge >= 0.3 is 0 Å². The third-order valence-electron chi connectivity index (χ3n) is 1.95. The fourth-order valence-electron chi connectivity index (χ4n) is 1.12. The predicted molar refractivity (Wildman–Crippen MR) is 38.0 cm³/mol. The van der Waals surface area contributed by atoms with Crippen LogP contribution in [0, 0.1) is 0 Å². The molecule has 0 radical (unpaired) electrons. The van der Waals surface area contributed by atoms with Crippen LogP contribution in [0.3, 0.4) is 0 Å². The molecule has 0 aromatic heterocycles. The summed E-state index contributed by atoms with van der Waals surface area (Å²) < 4.78 is 4.70. The molecule has 6 N–H and O–H groups in total. The van der Waals surface area contributed by atoms with Crippen LogP contribution in [0.4, 0.5) is 0 Å². The maximum Gasteiger partial charge on any atom is 0.173 e. The van der Waals surface area contributed by atoms with Crippen molar-refractivity contribution in [2.75, 3.05) is 6.61 Å². The van der Waals surface area contributed by atoms with Crippen LogP contribution in [0.1, 0.15) is 0 Å². The lowest BCUT2D eigenvalue weighted by atomic mass is 9.98. The van der Waals surface area contributed by atoms with Crippen molar-refractivity contribution in [2.24, 2.45) is 5.73 Å². The molecule has 1 fully saturated rings. The number of nitrogens with two attached hydrogens (primary N) is 1. The molecule has 0 saturated carbocycles. The van der Waals surface area contributed by atoms with Gasteiger partial charge in [-0.3, -0.25) is 0 Å². The number of hydrogen-bond donors (Lipinski definition) is 5. The lowest BCUT2D eigenvalue weighted by Crippen LogP contribution is -2.61. The van der Waals surface area contributed by atoms with Crippen molar-refractivity contribution >= 4 is 0 Å². The quantitative estimate of drug-likeness (QED) is 0.288. The highest BCUT2D eigenvalue weighted by atomic mass is 16.6. The molecule has 0 bridgehead atoms. The van der Waals surface area contributed by atoms with Crippen molar-refractivity contribution in [3.63, 3.8) is 0 Å². The largest absolute Gasteiger partial charge is 0.394 e. The van der Waals surface area contributed by atoms with Gasteiger partial charge in [0.25, 0.3) is 0 Å². The van der Waals surface area contributed by atoms with Gasteiger partial charge < -0.3 is 30.9 Å². The Balaban J connectivity index is 2.63. The molecule has 5 atom stereocenters. The van der Waals surface area contributed by atoms with E-state index < -0.39 is 37.3 Å². The molecule has 6 heteroatoms. The molecule has 1 rings (SSSR count). The third-order valence-corrected chi connectivity index (χ3v) is 1.95. The summed E-state index contributed by atoms with van der Waals surface area (Å²) in [6.45, 7) is -0.470. The molecule has 1 saturated heterocycles. The van der Waals surface area contributed by atoms with E-state index in [0.717, 1.165) is 0 Å². The van der Waals surface area contributed by atoms with Gasteiger partial charge in [0, 0.05) is 0 Å². The third kappa shape index (κ3) is 1.58. The predicted octanol–water partition coefficient (Wildman–Crippen LogP) is -3.25. The zero-order valence-corrected chi connectivity index (χ0v) is 6.37. The zero-order valence-electron chi connectivity index (χ0n) is 6.37. The molecular weight excluding hydrogens is 166 g/mol. The van der Waals surface area contributed by atoms with E-state index in [4.69, 9.17) is 20.7 Å². The summed E-state index contributed by atoms with van der Waals surface area (Å²) in [5.74, 6) is 0. The average Bonchev–Trinajstić information content (AvgIpc) is 2.08. The van der Waals surface area contributed by atoms with Gasteiger partial charge in [-0.25, -0.2) is 0 Å². The minimum atomic E-state index is -1.35. The highest BCUT2D eigenvalue weighted by Gasteiger charge is 2.41. The van der Waals surface area contributed by atoms with E-state index in [1.807, 2.05) is 0 Å². The molecule has 0 spiro atoms. The molecule has 1 aliphatic rings. The van der Waals surface area contributed by atoms with E-state index in [9.17, 15) is 10.2 Å². The van der Waals surface area contributed by atoms with Crippen LogP contribution in [0.15, 0.2) is 0 Å². The Morgan fingerprint density at radius 3 is 2.25 bits per heavy atom. The Bertz CT molecular complexity index is 150. The topological polar surface area (TPSA) is 116 Å². The summed E-state index contributed by atoms with van der Waals surface area (Å²) in [5, 5.41) is 36.1. The first-order chi connectivity index (χ1) is 5.57. The second-order valence-corrected chi connectivity index (χ2v) is 2.81. The summed E-state index contributed by atoms with van der Waals surface area (Å²) in [5.41, 5.74) is 5.26. The van der Waals surface area contributed by atoms with E-state index in [1.54, 1.807) is 0 Å². The molecule has 6 nitrogen and oxygen atoms in total. The summed E-state index contributed by atoms with van der Waals surface area (Å²) >= 11 is 0. The first-order valence-electron chi connectivity index (χ1n) is 3.64. The van der Waals surface area contributed by atoms with Gasteiger partial charge in [0.1, 0.15) is 18.3 Å². The molecule has 1 unspecified atom stereocenters. The Morgan fingerprint density at radius 1 is 1.17 bits per heavy atom. The van der Waals surface area contributed by atoms with Crippen LogP contribution in [-0.4, -0.2) is 57.7 Å². The van der Waals surface area contributed by atoms with Gasteiger partial charge in [0.2, 0.25) is 0 Å². The van der Waals surface area contributed by atoms with Crippen LogP contribution in [0.5, 0.6) is 0 Å². The summed E-state index contributed by atoms with van der Waals surface area (Å²) in [4.78, 5) is 0. The molecule has 72 valence electrons. The molecule has 1 aliphatic heterocycles. The minimum Gasteiger partial charge on any atom is -0.394 e. The lowest BCUT2D eigenvalue weighted by Gasteiger charge is -2.38. The van der Waals surface area contributed by atoms with Crippen molar-refractivity contribution in [2.45, 2.75) is 30.6 Å². The fourth-order valence-corrected chi connectivity index (χ4v) is 1.12. The standard InChI is InChI=1S/C6H13NO5/c7-3-5(10)4(9)2(1-8)12-6(3)11/h2-6,8-11H,1,7H2/t2-,3-,4-,5+,6?/m0/s1. The van der Waals surface area contributed by atoms with E-state index in [-0.39, 0.29) is 0 Å². The van der Waals surface area contributed by atoms with Crippen LogP contribution in [0.2, 0.25) is 0 Å². The van der Waals surface area contributed by atoms with Crippen molar-refractivity contribution in [3.05, 3.63) is 0 Å². The van der Waals surface area contributed by atoms with E-state index in [1.165, 1.54) is 0 Å². The average molecular weight is 179 g/mol. The van der Waals surface area contributed by atoms with Crippen LogP contribution >= 0.6 is 0 Å². The molecule has 0 aliphatic carbocycles. The highest BCUT2D eigenvalue weighted by molar-refractivity contribution is 4.90. The summed E-state index contributed by atoms with van der Waals surface area (Å²) in [6, 6.07) is -1.04. The summed E-state index contributed by atoms with van der Waals surface area (Å²) in [6.07, 6.45) is -4.85. The number of ether oxygens (including phenoxy) is 1. The normalized spacial score (nSPS) is 49.2. The highest BCUT2D eigenvalue weighted by Crippen LogP contribution is 2.17. The first-order valence-corrected chi connectivity index (χ1v) is 3.64. The molecule has 0 amide bonds. The van der Waals surface area contributed by atoms with Crippen LogP contribution in [0.25, 0.3) is 0 Å². The lowest BCUT2D eigenvalue weighted by molar-refractivity contribution is -0.248. The fraction of sp³-hybridized carbons (Fsp3) is 1.00. The molecular formula is C6H13NO5. The Labute approximate surface area is 69.2 Å². The van der Waals surface area contributed by atoms with Crippen molar-refractivity contribution in [1.82, 2.24) is 0 Å². The molecule has 12 heavy (non-hydrogen) atoms. The SMILES string of the molecule is N[C@@H]1C(O)O[C@@H](CO)[C@H](O)[C@@H]1O. The first kappa shape index (κ1) is 9.85. The van der Waals surface area contributed by atoms with Crippen LogP contribution in [-0.2, 0) is 4.74 Å². The van der Waals surface area contributed by atoms with Gasteiger partial charge in [-0.2, -0.15) is 0 Å². The van der Waals surface area contributed by atoms with Crippen molar-refractivity contribution in [3.8, 4) is 0 Å². The second kappa shape index (κ2) is 3.65. The maximum absolute atomic E-state index is 9.20. The Kier molecular flexibility index (Phi) is 2.99. The second-order valence-electron chi connectivity index (χ2n) is 2.81. The Morgan fingerprint density at radius 2 is 1.75 bits per heavy atom. The minimum absolute atomic E-state index is 0.470. The van der Waals surface area contributed by atoms with Gasteiger partial charge in [-0.15, -0.1) is 0 Å². The van der Waals surface area contributed by atoms with E-state index >= 15 is 0 Å². The van der Waals surface area contributed by atoms with Crippen LogP contribution < -0.4 is 5.73 Å². The number of hydrogen-bond acceptors (Lipinski definition) is 6. The number of aliphatic hydroxyl groups excluding tert-OH is 4. The monoisotopic (exact) mass is 179 g/mol. The van der Waals surface area contributed by atoms with Gasteiger partial charge in [0.15, 0.2) is 6.29 Å². The van der Waals surface area contributed by atoms with E-state index in [2.05, 4.69) is 0 Å². The van der Waals surface area contributed by atoms with Gasteiger partial charge in [-0.1, -0.05) is 0 Å². The van der Waals surface area contributed by atoms with Crippen molar-refractivity contribution < 1.29 is 25.2 Å². The number of aliphatic hydroxyl groups is 4. The Hall–Kier alpha value is -0.240.